The summed E-state index contributed by atoms with van der Waals surface area (Å²) in [5, 5.41) is 0. The number of nitrogens with one attached hydrogen (secondary N) is 1. The van der Waals surface area contributed by atoms with Crippen LogP contribution in [0.3, 0.4) is 0 Å². The van der Waals surface area contributed by atoms with Gasteiger partial charge in [0, 0.05) is 6.54 Å². The molecule has 0 aromatic heterocycles. The average Bonchev–Trinajstić information content (AvgIpc) is 2.82. The van der Waals surface area contributed by atoms with Crippen LogP contribution in [-0.4, -0.2) is 42.0 Å². The van der Waals surface area contributed by atoms with E-state index in [-0.39, 0.29) is 22.3 Å². The number of benzene rings is 1. The largest absolute Gasteiger partial charge is 0.497 e. The first-order valence-electron chi connectivity index (χ1n) is 7.58. The summed E-state index contributed by atoms with van der Waals surface area (Å²) in [6, 6.07) is 4.82. The normalized spacial score (nSPS) is 20.5. The molecule has 23 heavy (non-hydrogen) atoms. The van der Waals surface area contributed by atoms with Crippen molar-refractivity contribution in [3.63, 3.8) is 0 Å². The highest BCUT2D eigenvalue weighted by atomic mass is 32.2. The first-order chi connectivity index (χ1) is 10.7. The Morgan fingerprint density at radius 1 is 1.35 bits per heavy atom. The van der Waals surface area contributed by atoms with E-state index in [0.29, 0.717) is 30.7 Å². The summed E-state index contributed by atoms with van der Waals surface area (Å²) in [4.78, 5) is 0.238. The third kappa shape index (κ3) is 4.92. The first-order valence-corrected chi connectivity index (χ1v) is 10.9. The Morgan fingerprint density at radius 2 is 2.09 bits per heavy atom. The first kappa shape index (κ1) is 18.2. The van der Waals surface area contributed by atoms with Crippen molar-refractivity contribution in [3.8, 4) is 5.75 Å². The van der Waals surface area contributed by atoms with Gasteiger partial charge in [0.2, 0.25) is 10.0 Å². The predicted molar refractivity (Wildman–Crippen MR) is 88.9 cm³/mol. The lowest BCUT2D eigenvalue weighted by Gasteiger charge is -2.11. The second-order valence-corrected chi connectivity index (χ2v) is 9.90. The zero-order valence-corrected chi connectivity index (χ0v) is 15.0. The maximum absolute atomic E-state index is 12.3. The quantitative estimate of drug-likeness (QED) is 0.743. The standard InChI is InChI=1S/C15H23NO5S2/c1-12-10-14(21-2)5-6-15(12)23(19,20)16-8-3-4-13-7-9-22(17,18)11-13/h5-6,10,13,16H,3-4,7-9,11H2,1-2H3. The fourth-order valence-electron chi connectivity index (χ4n) is 2.83. The summed E-state index contributed by atoms with van der Waals surface area (Å²) < 4.78 is 55.0. The Morgan fingerprint density at radius 3 is 2.65 bits per heavy atom. The molecule has 6 nitrogen and oxygen atoms in total. The summed E-state index contributed by atoms with van der Waals surface area (Å²) in [6.45, 7) is 2.03. The van der Waals surface area contributed by atoms with Gasteiger partial charge < -0.3 is 4.74 Å². The average molecular weight is 361 g/mol. The fraction of sp³-hybridized carbons (Fsp3) is 0.600. The molecule has 1 aromatic carbocycles. The maximum Gasteiger partial charge on any atom is 0.240 e. The molecule has 130 valence electrons. The van der Waals surface area contributed by atoms with Gasteiger partial charge in [-0.05, 0) is 55.9 Å². The Balaban J connectivity index is 1.87. The van der Waals surface area contributed by atoms with E-state index < -0.39 is 19.9 Å². The molecule has 1 fully saturated rings. The smallest absolute Gasteiger partial charge is 0.240 e. The van der Waals surface area contributed by atoms with E-state index in [9.17, 15) is 16.8 Å². The second kappa shape index (κ2) is 7.19. The molecule has 1 N–H and O–H groups in total. The molecule has 0 aliphatic carbocycles. The van der Waals surface area contributed by atoms with Crippen LogP contribution in [-0.2, 0) is 19.9 Å². The van der Waals surface area contributed by atoms with E-state index in [1.54, 1.807) is 19.1 Å². The zero-order valence-electron chi connectivity index (χ0n) is 13.4. The van der Waals surface area contributed by atoms with Crippen molar-refractivity contribution in [2.24, 2.45) is 5.92 Å². The van der Waals surface area contributed by atoms with Crippen molar-refractivity contribution in [2.75, 3.05) is 25.2 Å². The van der Waals surface area contributed by atoms with Gasteiger partial charge in [0.25, 0.3) is 0 Å². The zero-order chi connectivity index (χ0) is 17.1. The van der Waals surface area contributed by atoms with E-state index in [0.717, 1.165) is 6.42 Å². The summed E-state index contributed by atoms with van der Waals surface area (Å²) in [7, 11) is -4.89. The predicted octanol–water partition coefficient (Wildman–Crippen LogP) is 1.50. The van der Waals surface area contributed by atoms with Gasteiger partial charge in [0.1, 0.15) is 5.75 Å². The molecule has 0 bridgehead atoms. The van der Waals surface area contributed by atoms with Crippen LogP contribution in [0.5, 0.6) is 5.75 Å². The van der Waals surface area contributed by atoms with Crippen molar-refractivity contribution >= 4 is 19.9 Å². The van der Waals surface area contributed by atoms with Crippen LogP contribution in [0.15, 0.2) is 23.1 Å². The number of sulfonamides is 1. The number of sulfone groups is 1. The maximum atomic E-state index is 12.3. The summed E-state index contributed by atoms with van der Waals surface area (Å²) >= 11 is 0. The molecule has 1 unspecified atom stereocenters. The topological polar surface area (TPSA) is 89.5 Å². The third-order valence-corrected chi connectivity index (χ3v) is 7.54. The lowest BCUT2D eigenvalue weighted by Crippen LogP contribution is -2.26. The minimum atomic E-state index is -3.56. The van der Waals surface area contributed by atoms with E-state index in [1.165, 1.54) is 13.2 Å². The van der Waals surface area contributed by atoms with Gasteiger partial charge in [-0.25, -0.2) is 21.6 Å². The lowest BCUT2D eigenvalue weighted by molar-refractivity contribution is 0.414. The van der Waals surface area contributed by atoms with Gasteiger partial charge in [0.05, 0.1) is 23.5 Å². The molecule has 0 saturated carbocycles. The lowest BCUT2D eigenvalue weighted by atomic mass is 10.0. The number of hydrogen-bond acceptors (Lipinski definition) is 5. The van der Waals surface area contributed by atoms with Crippen molar-refractivity contribution in [2.45, 2.75) is 31.1 Å². The highest BCUT2D eigenvalue weighted by molar-refractivity contribution is 7.91. The van der Waals surface area contributed by atoms with Crippen LogP contribution >= 0.6 is 0 Å². The highest BCUT2D eigenvalue weighted by Crippen LogP contribution is 2.23. The van der Waals surface area contributed by atoms with Gasteiger partial charge in [-0.2, -0.15) is 0 Å². The Hall–Kier alpha value is -1.12. The molecular weight excluding hydrogens is 338 g/mol. The number of hydrogen-bond donors (Lipinski definition) is 1. The van der Waals surface area contributed by atoms with Crippen LogP contribution in [0, 0.1) is 12.8 Å². The van der Waals surface area contributed by atoms with Gasteiger partial charge in [0.15, 0.2) is 9.84 Å². The molecular formula is C15H23NO5S2. The SMILES string of the molecule is COc1ccc(S(=O)(=O)NCCCC2CCS(=O)(=O)C2)c(C)c1. The summed E-state index contributed by atoms with van der Waals surface area (Å²) in [5.74, 6) is 1.27. The molecule has 8 heteroatoms. The van der Waals surface area contributed by atoms with Crippen molar-refractivity contribution in [1.29, 1.82) is 0 Å². The van der Waals surface area contributed by atoms with Crippen molar-refractivity contribution in [1.82, 2.24) is 4.72 Å². The molecule has 0 amide bonds. The van der Waals surface area contributed by atoms with Crippen LogP contribution in [0.25, 0.3) is 0 Å². The van der Waals surface area contributed by atoms with Gasteiger partial charge in [-0.15, -0.1) is 0 Å². The fourth-order valence-corrected chi connectivity index (χ4v) is 6.03. The monoisotopic (exact) mass is 361 g/mol. The number of methoxy groups -OCH3 is 1. The van der Waals surface area contributed by atoms with Gasteiger partial charge in [-0.3, -0.25) is 0 Å². The molecule has 0 spiro atoms. The molecule has 1 aromatic rings. The van der Waals surface area contributed by atoms with Crippen LogP contribution in [0.2, 0.25) is 0 Å². The Labute approximate surface area is 138 Å². The van der Waals surface area contributed by atoms with Crippen LogP contribution in [0.1, 0.15) is 24.8 Å². The summed E-state index contributed by atoms with van der Waals surface area (Å²) in [6.07, 6.45) is 2.05. The molecule has 2 rings (SSSR count). The van der Waals surface area contributed by atoms with E-state index in [2.05, 4.69) is 4.72 Å². The van der Waals surface area contributed by atoms with E-state index in [4.69, 9.17) is 4.74 Å². The van der Waals surface area contributed by atoms with Crippen LogP contribution in [0.4, 0.5) is 0 Å². The highest BCUT2D eigenvalue weighted by Gasteiger charge is 2.27. The molecule has 1 aliphatic rings. The Kier molecular flexibility index (Phi) is 5.70. The minimum absolute atomic E-state index is 0.159. The molecule has 1 atom stereocenters. The number of aryl methyl sites for hydroxylation is 1. The molecule has 0 radical (unpaired) electrons. The number of ether oxygens (including phenoxy) is 1. The third-order valence-electron chi connectivity index (χ3n) is 4.08. The minimum Gasteiger partial charge on any atom is -0.497 e. The van der Waals surface area contributed by atoms with Gasteiger partial charge >= 0.3 is 0 Å². The molecule has 1 saturated heterocycles. The van der Waals surface area contributed by atoms with Crippen molar-refractivity contribution in [3.05, 3.63) is 23.8 Å². The van der Waals surface area contributed by atoms with Gasteiger partial charge in [-0.1, -0.05) is 0 Å². The van der Waals surface area contributed by atoms with Crippen LogP contribution < -0.4 is 9.46 Å². The van der Waals surface area contributed by atoms with Crippen molar-refractivity contribution < 1.29 is 21.6 Å². The van der Waals surface area contributed by atoms with E-state index >= 15 is 0 Å². The molecule has 1 aliphatic heterocycles. The van der Waals surface area contributed by atoms with E-state index in [1.807, 2.05) is 0 Å². The Bertz CT molecular complexity index is 756. The molecule has 1 heterocycles. The number of rotatable bonds is 7. The second-order valence-electron chi connectivity index (χ2n) is 5.94. The summed E-state index contributed by atoms with van der Waals surface area (Å²) in [5.41, 5.74) is 0.624.